The fourth-order valence-electron chi connectivity index (χ4n) is 4.31. The number of nitrogens with zero attached hydrogens (tertiary/aromatic N) is 3. The topological polar surface area (TPSA) is 104 Å². The molecular weight excluding hydrogens is 334 g/mol. The summed E-state index contributed by atoms with van der Waals surface area (Å²) in [6.07, 6.45) is 7.18. The monoisotopic (exact) mass is 357 g/mol. The van der Waals surface area contributed by atoms with E-state index < -0.39 is 11.2 Å². The van der Waals surface area contributed by atoms with Gasteiger partial charge in [0.15, 0.2) is 0 Å². The van der Waals surface area contributed by atoms with E-state index in [2.05, 4.69) is 15.1 Å². The van der Waals surface area contributed by atoms with Crippen LogP contribution in [0, 0.1) is 0 Å². The average molecular weight is 357 g/mol. The number of amides is 1. The first-order chi connectivity index (χ1) is 12.5. The Morgan fingerprint density at radius 3 is 2.73 bits per heavy atom. The standard InChI is InChI=1S/C18H23N5O3/c1-22-15-8-4-7-12(15)14(21-22)10-23(11-5-2-3-6-11)17(25)13-9-16(24)20-18(26)19-13/h9,11H,2-8,10H2,1H3,(H2,19,20,24,26). The summed E-state index contributed by atoms with van der Waals surface area (Å²) in [6, 6.07) is 1.28. The second-order valence-electron chi connectivity index (χ2n) is 7.22. The lowest BCUT2D eigenvalue weighted by Crippen LogP contribution is -2.40. The number of aromatic nitrogens is 4. The summed E-state index contributed by atoms with van der Waals surface area (Å²) in [5.74, 6) is -0.308. The number of nitrogens with one attached hydrogen (secondary N) is 2. The van der Waals surface area contributed by atoms with Crippen LogP contribution in [0.1, 0.15) is 59.5 Å². The number of hydrogen-bond donors (Lipinski definition) is 2. The van der Waals surface area contributed by atoms with Gasteiger partial charge in [0.05, 0.1) is 12.2 Å². The number of hydrogen-bond acceptors (Lipinski definition) is 4. The van der Waals surface area contributed by atoms with Gasteiger partial charge in [0, 0.05) is 24.8 Å². The molecule has 2 aromatic heterocycles. The summed E-state index contributed by atoms with van der Waals surface area (Å²) in [7, 11) is 1.95. The van der Waals surface area contributed by atoms with E-state index in [-0.39, 0.29) is 17.6 Å². The Labute approximate surface area is 150 Å². The van der Waals surface area contributed by atoms with Gasteiger partial charge in [0.2, 0.25) is 0 Å². The van der Waals surface area contributed by atoms with E-state index in [4.69, 9.17) is 0 Å². The third-order valence-electron chi connectivity index (χ3n) is 5.54. The highest BCUT2D eigenvalue weighted by molar-refractivity contribution is 5.92. The highest BCUT2D eigenvalue weighted by Gasteiger charge is 2.31. The van der Waals surface area contributed by atoms with E-state index >= 15 is 0 Å². The Hall–Kier alpha value is -2.64. The lowest BCUT2D eigenvalue weighted by atomic mass is 10.1. The molecule has 2 aromatic rings. The summed E-state index contributed by atoms with van der Waals surface area (Å²) in [6.45, 7) is 0.418. The molecule has 26 heavy (non-hydrogen) atoms. The number of rotatable bonds is 4. The maximum Gasteiger partial charge on any atom is 0.326 e. The lowest BCUT2D eigenvalue weighted by Gasteiger charge is -2.28. The number of carbonyl (C=O) groups is 1. The normalized spacial score (nSPS) is 16.8. The Morgan fingerprint density at radius 2 is 2.00 bits per heavy atom. The van der Waals surface area contributed by atoms with Crippen molar-refractivity contribution in [3.05, 3.63) is 49.5 Å². The molecule has 2 aliphatic rings. The third kappa shape index (κ3) is 3.00. The largest absolute Gasteiger partial charge is 0.328 e. The van der Waals surface area contributed by atoms with E-state index in [1.54, 1.807) is 4.90 Å². The van der Waals surface area contributed by atoms with Crippen molar-refractivity contribution < 1.29 is 4.79 Å². The smallest absolute Gasteiger partial charge is 0.326 e. The van der Waals surface area contributed by atoms with Crippen LogP contribution in [0.5, 0.6) is 0 Å². The van der Waals surface area contributed by atoms with E-state index in [1.165, 1.54) is 11.3 Å². The molecule has 0 spiro atoms. The Kier molecular flexibility index (Phi) is 4.26. The van der Waals surface area contributed by atoms with Crippen molar-refractivity contribution in [1.82, 2.24) is 24.6 Å². The summed E-state index contributed by atoms with van der Waals surface area (Å²) < 4.78 is 1.92. The number of aromatic amines is 2. The van der Waals surface area contributed by atoms with Crippen LogP contribution in [-0.2, 0) is 26.4 Å². The molecule has 1 saturated carbocycles. The zero-order valence-corrected chi connectivity index (χ0v) is 14.9. The molecule has 0 atom stereocenters. The van der Waals surface area contributed by atoms with Crippen molar-refractivity contribution in [3.8, 4) is 0 Å². The SMILES string of the molecule is Cn1nc(CN(C(=O)c2cc(=O)[nH]c(=O)[nH]2)C2CCCC2)c2c1CCC2. The summed E-state index contributed by atoms with van der Waals surface area (Å²) in [5, 5.41) is 4.64. The zero-order valence-electron chi connectivity index (χ0n) is 14.9. The second kappa shape index (κ2) is 6.59. The van der Waals surface area contributed by atoms with E-state index in [0.29, 0.717) is 6.54 Å². The first-order valence-electron chi connectivity index (χ1n) is 9.21. The first-order valence-corrected chi connectivity index (χ1v) is 9.21. The molecule has 8 heteroatoms. The van der Waals surface area contributed by atoms with Crippen LogP contribution in [-0.4, -0.2) is 36.6 Å². The van der Waals surface area contributed by atoms with Crippen LogP contribution >= 0.6 is 0 Å². The van der Waals surface area contributed by atoms with Gasteiger partial charge in [-0.15, -0.1) is 0 Å². The van der Waals surface area contributed by atoms with Gasteiger partial charge in [-0.1, -0.05) is 12.8 Å². The molecule has 0 aromatic carbocycles. The van der Waals surface area contributed by atoms with Gasteiger partial charge in [-0.2, -0.15) is 5.10 Å². The van der Waals surface area contributed by atoms with Crippen LogP contribution in [0.25, 0.3) is 0 Å². The zero-order chi connectivity index (χ0) is 18.3. The maximum atomic E-state index is 13.1. The van der Waals surface area contributed by atoms with Gasteiger partial charge < -0.3 is 9.88 Å². The van der Waals surface area contributed by atoms with E-state index in [1.807, 2.05) is 11.7 Å². The molecule has 0 bridgehead atoms. The van der Waals surface area contributed by atoms with Gasteiger partial charge in [-0.3, -0.25) is 19.3 Å². The minimum atomic E-state index is -0.661. The molecule has 0 unspecified atom stereocenters. The number of aryl methyl sites for hydroxylation is 1. The fraction of sp³-hybridized carbons (Fsp3) is 0.556. The van der Waals surface area contributed by atoms with Crippen molar-refractivity contribution in [2.75, 3.05) is 0 Å². The predicted octanol–water partition coefficient (Wildman–Crippen LogP) is 0.870. The van der Waals surface area contributed by atoms with E-state index in [0.717, 1.165) is 56.7 Å². The lowest BCUT2D eigenvalue weighted by molar-refractivity contribution is 0.0654. The quantitative estimate of drug-likeness (QED) is 0.847. The minimum absolute atomic E-state index is 0.0400. The molecule has 0 radical (unpaired) electrons. The highest BCUT2D eigenvalue weighted by Crippen LogP contribution is 2.29. The van der Waals surface area contributed by atoms with Gasteiger partial charge in [0.25, 0.3) is 11.5 Å². The van der Waals surface area contributed by atoms with Crippen molar-refractivity contribution >= 4 is 5.91 Å². The predicted molar refractivity (Wildman–Crippen MR) is 95.0 cm³/mol. The molecule has 0 aliphatic heterocycles. The molecular formula is C18H23N5O3. The number of H-pyrrole nitrogens is 2. The summed E-state index contributed by atoms with van der Waals surface area (Å²) in [4.78, 5) is 42.7. The van der Waals surface area contributed by atoms with Gasteiger partial charge in [0.1, 0.15) is 5.69 Å². The average Bonchev–Trinajstić information content (AvgIpc) is 3.31. The maximum absolute atomic E-state index is 13.1. The van der Waals surface area contributed by atoms with Gasteiger partial charge >= 0.3 is 5.69 Å². The second-order valence-corrected chi connectivity index (χ2v) is 7.22. The molecule has 1 fully saturated rings. The molecule has 0 saturated heterocycles. The van der Waals surface area contributed by atoms with Gasteiger partial charge in [-0.05, 0) is 37.7 Å². The van der Waals surface area contributed by atoms with Crippen molar-refractivity contribution in [1.29, 1.82) is 0 Å². The molecule has 4 rings (SSSR count). The Balaban J connectivity index is 1.69. The van der Waals surface area contributed by atoms with Crippen LogP contribution in [0.4, 0.5) is 0 Å². The highest BCUT2D eigenvalue weighted by atomic mass is 16.2. The van der Waals surface area contributed by atoms with Gasteiger partial charge in [-0.25, -0.2) is 4.79 Å². The van der Waals surface area contributed by atoms with Crippen molar-refractivity contribution in [2.24, 2.45) is 7.05 Å². The number of fused-ring (bicyclic) bond motifs is 1. The van der Waals surface area contributed by atoms with Crippen LogP contribution in [0.15, 0.2) is 15.7 Å². The fourth-order valence-corrected chi connectivity index (χ4v) is 4.31. The van der Waals surface area contributed by atoms with Crippen LogP contribution in [0.3, 0.4) is 0 Å². The minimum Gasteiger partial charge on any atom is -0.328 e. The van der Waals surface area contributed by atoms with Crippen LogP contribution in [0.2, 0.25) is 0 Å². The Morgan fingerprint density at radius 1 is 1.23 bits per heavy atom. The van der Waals surface area contributed by atoms with Crippen LogP contribution < -0.4 is 11.2 Å². The molecule has 8 nitrogen and oxygen atoms in total. The Bertz CT molecular complexity index is 920. The molecule has 2 aliphatic carbocycles. The van der Waals surface area contributed by atoms with Crippen molar-refractivity contribution in [2.45, 2.75) is 57.5 Å². The molecule has 138 valence electrons. The number of carbonyl (C=O) groups excluding carboxylic acids is 1. The molecule has 2 heterocycles. The van der Waals surface area contributed by atoms with Crippen molar-refractivity contribution in [3.63, 3.8) is 0 Å². The first kappa shape index (κ1) is 16.8. The third-order valence-corrected chi connectivity index (χ3v) is 5.54. The summed E-state index contributed by atoms with van der Waals surface area (Å²) >= 11 is 0. The summed E-state index contributed by atoms with van der Waals surface area (Å²) in [5.41, 5.74) is 2.25. The molecule has 1 amide bonds. The van der Waals surface area contributed by atoms with E-state index in [9.17, 15) is 14.4 Å². The molecule has 2 N–H and O–H groups in total.